The summed E-state index contributed by atoms with van der Waals surface area (Å²) in [5, 5.41) is 13.1. The van der Waals surface area contributed by atoms with E-state index in [0.29, 0.717) is 17.9 Å². The topological polar surface area (TPSA) is 72.8 Å². The molecule has 0 fully saturated rings. The number of hydrogen-bond acceptors (Lipinski definition) is 4. The Bertz CT molecular complexity index is 744. The number of aromatic nitrogens is 3. The fraction of sp³-hybridized carbons (Fsp3) is 0.400. The number of ether oxygens (including phenoxy) is 1. The van der Waals surface area contributed by atoms with Gasteiger partial charge in [0.05, 0.1) is 30.8 Å². The van der Waals surface area contributed by atoms with Crippen LogP contribution in [0.3, 0.4) is 0 Å². The Hall–Kier alpha value is -2.55. The van der Waals surface area contributed by atoms with Crippen LogP contribution in [0.15, 0.2) is 29.3 Å². The van der Waals surface area contributed by atoms with Gasteiger partial charge in [0.2, 0.25) is 0 Å². The zero-order chi connectivity index (χ0) is 15.6. The molecule has 0 radical (unpaired) electrons. The van der Waals surface area contributed by atoms with Gasteiger partial charge in [0.15, 0.2) is 0 Å². The van der Waals surface area contributed by atoms with E-state index in [1.807, 2.05) is 20.8 Å². The molecule has 0 amide bonds. The Morgan fingerprint density at radius 2 is 2.10 bits per heavy atom. The molecule has 0 aliphatic rings. The largest absolute Gasteiger partial charge is 0.496 e. The zero-order valence-corrected chi connectivity index (χ0v) is 12.6. The predicted molar refractivity (Wildman–Crippen MR) is 78.3 cm³/mol. The van der Waals surface area contributed by atoms with E-state index in [2.05, 4.69) is 11.2 Å². The van der Waals surface area contributed by atoms with Gasteiger partial charge in [-0.05, 0) is 39.0 Å². The second-order valence-electron chi connectivity index (χ2n) is 5.76. The third-order valence-corrected chi connectivity index (χ3v) is 3.12. The summed E-state index contributed by atoms with van der Waals surface area (Å²) >= 11 is 0. The molecule has 1 aromatic carbocycles. The second kappa shape index (κ2) is 5.44. The number of hydrogen-bond donors (Lipinski definition) is 0. The highest BCUT2D eigenvalue weighted by atomic mass is 16.5. The number of benzene rings is 1. The molecule has 0 saturated carbocycles. The fourth-order valence-corrected chi connectivity index (χ4v) is 2.06. The van der Waals surface area contributed by atoms with Crippen LogP contribution in [0, 0.1) is 11.3 Å². The van der Waals surface area contributed by atoms with E-state index in [1.165, 1.54) is 15.6 Å². The molecule has 0 saturated heterocycles. The van der Waals surface area contributed by atoms with Crippen LogP contribution in [-0.4, -0.2) is 21.5 Å². The first-order chi connectivity index (χ1) is 9.86. The summed E-state index contributed by atoms with van der Waals surface area (Å²) in [4.78, 5) is 12.3. The van der Waals surface area contributed by atoms with E-state index in [4.69, 9.17) is 10.00 Å². The van der Waals surface area contributed by atoms with Crippen molar-refractivity contribution >= 4 is 0 Å². The first-order valence-electron chi connectivity index (χ1n) is 6.59. The van der Waals surface area contributed by atoms with E-state index >= 15 is 0 Å². The average molecular weight is 286 g/mol. The smallest absolute Gasteiger partial charge is 0.346 e. The quantitative estimate of drug-likeness (QED) is 0.861. The van der Waals surface area contributed by atoms with Crippen LogP contribution in [0.5, 0.6) is 5.75 Å². The molecule has 2 rings (SSSR count). The molecular weight excluding hydrogens is 268 g/mol. The molecule has 6 heteroatoms. The lowest BCUT2D eigenvalue weighted by Gasteiger charge is -2.17. The molecule has 0 bridgehead atoms. The summed E-state index contributed by atoms with van der Waals surface area (Å²) in [6, 6.07) is 7.22. The minimum absolute atomic E-state index is 0.188. The number of nitriles is 1. The van der Waals surface area contributed by atoms with Crippen LogP contribution in [0.2, 0.25) is 0 Å². The van der Waals surface area contributed by atoms with Gasteiger partial charge in [0, 0.05) is 5.56 Å². The number of methoxy groups -OCH3 is 1. The number of nitrogens with zero attached hydrogens (tertiary/aromatic N) is 4. The molecule has 1 aromatic heterocycles. The molecule has 110 valence electrons. The van der Waals surface area contributed by atoms with E-state index < -0.39 is 0 Å². The summed E-state index contributed by atoms with van der Waals surface area (Å²) < 4.78 is 8.22. The Labute approximate surface area is 123 Å². The Kier molecular flexibility index (Phi) is 3.85. The second-order valence-corrected chi connectivity index (χ2v) is 5.76. The summed E-state index contributed by atoms with van der Waals surface area (Å²) in [7, 11) is 1.56. The van der Waals surface area contributed by atoms with Crippen molar-refractivity contribution in [1.29, 1.82) is 5.26 Å². The van der Waals surface area contributed by atoms with E-state index in [0.717, 1.165) is 5.56 Å². The lowest BCUT2D eigenvalue weighted by molar-refractivity contribution is 0.340. The minimum atomic E-state index is -0.374. The minimum Gasteiger partial charge on any atom is -0.496 e. The van der Waals surface area contributed by atoms with Crippen molar-refractivity contribution in [1.82, 2.24) is 14.3 Å². The molecule has 0 unspecified atom stereocenters. The molecule has 1 heterocycles. The summed E-state index contributed by atoms with van der Waals surface area (Å²) in [6.07, 6.45) is 1.51. The predicted octanol–water partition coefficient (Wildman–Crippen LogP) is 1.73. The van der Waals surface area contributed by atoms with Gasteiger partial charge < -0.3 is 4.74 Å². The van der Waals surface area contributed by atoms with Crippen LogP contribution < -0.4 is 10.4 Å². The van der Waals surface area contributed by atoms with Gasteiger partial charge >= 0.3 is 5.69 Å². The van der Waals surface area contributed by atoms with E-state index in [-0.39, 0.29) is 11.2 Å². The maximum absolute atomic E-state index is 12.3. The van der Waals surface area contributed by atoms with E-state index in [1.54, 1.807) is 25.3 Å². The van der Waals surface area contributed by atoms with Gasteiger partial charge in [-0.25, -0.2) is 9.48 Å². The highest BCUT2D eigenvalue weighted by molar-refractivity contribution is 5.42. The van der Waals surface area contributed by atoms with Crippen LogP contribution >= 0.6 is 0 Å². The molecule has 0 spiro atoms. The maximum atomic E-state index is 12.3. The van der Waals surface area contributed by atoms with Crippen molar-refractivity contribution in [2.45, 2.75) is 32.9 Å². The molecule has 0 aliphatic carbocycles. The van der Waals surface area contributed by atoms with Crippen LogP contribution in [0.4, 0.5) is 0 Å². The van der Waals surface area contributed by atoms with Crippen LogP contribution in [-0.2, 0) is 12.1 Å². The third kappa shape index (κ3) is 2.97. The maximum Gasteiger partial charge on any atom is 0.346 e. The lowest BCUT2D eigenvalue weighted by Crippen LogP contribution is -2.35. The molecule has 0 atom stereocenters. The molecular formula is C15H18N4O2. The molecule has 2 aromatic rings. The van der Waals surface area contributed by atoms with Gasteiger partial charge in [0.25, 0.3) is 0 Å². The monoisotopic (exact) mass is 286 g/mol. The molecule has 21 heavy (non-hydrogen) atoms. The van der Waals surface area contributed by atoms with Crippen molar-refractivity contribution in [2.24, 2.45) is 0 Å². The van der Waals surface area contributed by atoms with Gasteiger partial charge in [-0.15, -0.1) is 0 Å². The molecule has 0 aliphatic heterocycles. The highest BCUT2D eigenvalue weighted by Gasteiger charge is 2.19. The van der Waals surface area contributed by atoms with Crippen molar-refractivity contribution in [3.8, 4) is 11.8 Å². The summed E-state index contributed by atoms with van der Waals surface area (Å²) in [5.41, 5.74) is 0.738. The van der Waals surface area contributed by atoms with Crippen molar-refractivity contribution in [3.63, 3.8) is 0 Å². The zero-order valence-electron chi connectivity index (χ0n) is 12.6. The van der Waals surface area contributed by atoms with Gasteiger partial charge in [-0.3, -0.25) is 4.57 Å². The third-order valence-electron chi connectivity index (χ3n) is 3.12. The Balaban J connectivity index is 2.42. The van der Waals surface area contributed by atoms with Crippen molar-refractivity contribution in [3.05, 3.63) is 46.1 Å². The SMILES string of the molecule is COc1ccc(C#N)cc1Cn1cnn(C(C)(C)C)c1=O. The van der Waals surface area contributed by atoms with Gasteiger partial charge in [0.1, 0.15) is 12.1 Å². The fourth-order valence-electron chi connectivity index (χ4n) is 2.06. The Morgan fingerprint density at radius 1 is 1.38 bits per heavy atom. The molecule has 6 nitrogen and oxygen atoms in total. The standard InChI is InChI=1S/C15H18N4O2/c1-15(2,3)19-14(20)18(10-17-19)9-12-7-11(8-16)5-6-13(12)21-4/h5-7,10H,9H2,1-4H3. The summed E-state index contributed by atoms with van der Waals surface area (Å²) in [6.45, 7) is 6.07. The normalized spacial score (nSPS) is 11.2. The highest BCUT2D eigenvalue weighted by Crippen LogP contribution is 2.20. The average Bonchev–Trinajstić information content (AvgIpc) is 2.80. The first kappa shape index (κ1) is 14.9. The first-order valence-corrected chi connectivity index (χ1v) is 6.59. The van der Waals surface area contributed by atoms with E-state index in [9.17, 15) is 4.79 Å². The lowest BCUT2D eigenvalue weighted by atomic mass is 10.1. The van der Waals surface area contributed by atoms with Gasteiger partial charge in [-0.2, -0.15) is 10.4 Å². The summed E-state index contributed by atoms with van der Waals surface area (Å²) in [5.74, 6) is 0.643. The van der Waals surface area contributed by atoms with Crippen molar-refractivity contribution < 1.29 is 4.74 Å². The van der Waals surface area contributed by atoms with Crippen molar-refractivity contribution in [2.75, 3.05) is 7.11 Å². The molecule has 0 N–H and O–H groups in total. The van der Waals surface area contributed by atoms with Gasteiger partial charge in [-0.1, -0.05) is 0 Å². The number of rotatable bonds is 3. The Morgan fingerprint density at radius 3 is 2.62 bits per heavy atom. The van der Waals surface area contributed by atoms with Crippen LogP contribution in [0.25, 0.3) is 0 Å². The van der Waals surface area contributed by atoms with Crippen LogP contribution in [0.1, 0.15) is 31.9 Å².